The number of hydrogen-bond donors (Lipinski definition) is 1. The van der Waals surface area contributed by atoms with Crippen molar-refractivity contribution in [3.05, 3.63) is 12.2 Å². The van der Waals surface area contributed by atoms with Gasteiger partial charge in [0.2, 0.25) is 0 Å². The fourth-order valence-electron chi connectivity index (χ4n) is 1.12. The molecule has 0 radical (unpaired) electrons. The maximum Gasteiger partial charge on any atom is 0.266 e. The minimum absolute atomic E-state index is 0.160. The average molecular weight is 162 g/mol. The zero-order valence-corrected chi connectivity index (χ0v) is 6.48. The minimum atomic E-state index is -2.71. The van der Waals surface area contributed by atoms with Gasteiger partial charge in [-0.3, -0.25) is 0 Å². The summed E-state index contributed by atoms with van der Waals surface area (Å²) in [5.74, 6) is -2.71. The summed E-state index contributed by atoms with van der Waals surface area (Å²) in [7, 11) is 0. The molecule has 11 heavy (non-hydrogen) atoms. The van der Waals surface area contributed by atoms with Crippen LogP contribution in [0.25, 0.3) is 0 Å². The molecule has 64 valence electrons. The van der Waals surface area contributed by atoms with E-state index in [1.165, 1.54) is 6.08 Å². The molecular formula is C8H12F2O. The van der Waals surface area contributed by atoms with E-state index < -0.39 is 11.5 Å². The van der Waals surface area contributed by atoms with Crippen LogP contribution in [0.5, 0.6) is 0 Å². The topological polar surface area (TPSA) is 20.2 Å². The lowest BCUT2D eigenvalue weighted by Gasteiger charge is -2.29. The molecule has 0 spiro atoms. The van der Waals surface area contributed by atoms with Gasteiger partial charge in [0.05, 0.1) is 5.60 Å². The standard InChI is InChI=1S/C8H12F2O/c1-2-7(11)3-5-8(9,10)6-4-7/h3,5,11H,2,4,6H2,1H3. The van der Waals surface area contributed by atoms with Crippen LogP contribution in [0, 0.1) is 0 Å². The summed E-state index contributed by atoms with van der Waals surface area (Å²) in [5, 5.41) is 9.49. The van der Waals surface area contributed by atoms with Crippen LogP contribution in [-0.2, 0) is 0 Å². The van der Waals surface area contributed by atoms with Gasteiger partial charge in [-0.25, -0.2) is 8.78 Å². The van der Waals surface area contributed by atoms with E-state index >= 15 is 0 Å². The molecule has 0 fully saturated rings. The molecule has 0 amide bonds. The Bertz CT molecular complexity index is 177. The van der Waals surface area contributed by atoms with Crippen molar-refractivity contribution in [1.29, 1.82) is 0 Å². The molecule has 1 aliphatic rings. The van der Waals surface area contributed by atoms with Gasteiger partial charge in [-0.05, 0) is 18.9 Å². The Kier molecular flexibility index (Phi) is 2.01. The molecule has 0 aromatic carbocycles. The third-order valence-corrected chi connectivity index (χ3v) is 2.14. The van der Waals surface area contributed by atoms with E-state index in [0.717, 1.165) is 6.08 Å². The molecule has 0 aromatic heterocycles. The Morgan fingerprint density at radius 2 is 2.00 bits per heavy atom. The van der Waals surface area contributed by atoms with Crippen molar-refractivity contribution < 1.29 is 13.9 Å². The van der Waals surface area contributed by atoms with Crippen LogP contribution < -0.4 is 0 Å². The predicted octanol–water partition coefficient (Wildman–Crippen LogP) is 2.11. The summed E-state index contributed by atoms with van der Waals surface area (Å²) in [6, 6.07) is 0. The third-order valence-electron chi connectivity index (χ3n) is 2.14. The van der Waals surface area contributed by atoms with Gasteiger partial charge < -0.3 is 5.11 Å². The lowest BCUT2D eigenvalue weighted by Crippen LogP contribution is -2.32. The molecule has 0 aliphatic heterocycles. The van der Waals surface area contributed by atoms with Crippen molar-refractivity contribution in [2.75, 3.05) is 0 Å². The molecular weight excluding hydrogens is 150 g/mol. The monoisotopic (exact) mass is 162 g/mol. The van der Waals surface area contributed by atoms with Gasteiger partial charge in [0.1, 0.15) is 0 Å². The second-order valence-corrected chi connectivity index (χ2v) is 3.05. The molecule has 0 heterocycles. The van der Waals surface area contributed by atoms with Gasteiger partial charge in [0, 0.05) is 6.42 Å². The van der Waals surface area contributed by atoms with E-state index in [9.17, 15) is 13.9 Å². The molecule has 1 atom stereocenters. The molecule has 1 N–H and O–H groups in total. The van der Waals surface area contributed by atoms with E-state index in [1.807, 2.05) is 0 Å². The summed E-state index contributed by atoms with van der Waals surface area (Å²) in [4.78, 5) is 0. The highest BCUT2D eigenvalue weighted by Crippen LogP contribution is 2.33. The number of allylic oxidation sites excluding steroid dienone is 1. The summed E-state index contributed by atoms with van der Waals surface area (Å²) >= 11 is 0. The first-order valence-electron chi connectivity index (χ1n) is 3.78. The van der Waals surface area contributed by atoms with E-state index in [0.29, 0.717) is 6.42 Å². The first kappa shape index (κ1) is 8.65. The molecule has 0 bridgehead atoms. The fraction of sp³-hybridized carbons (Fsp3) is 0.750. The molecule has 1 rings (SSSR count). The highest BCUT2D eigenvalue weighted by Gasteiger charge is 2.35. The van der Waals surface area contributed by atoms with Gasteiger partial charge in [-0.15, -0.1) is 0 Å². The minimum Gasteiger partial charge on any atom is -0.386 e. The van der Waals surface area contributed by atoms with Crippen molar-refractivity contribution in [2.45, 2.75) is 37.7 Å². The van der Waals surface area contributed by atoms with Crippen molar-refractivity contribution in [3.8, 4) is 0 Å². The number of alkyl halides is 2. The van der Waals surface area contributed by atoms with Crippen LogP contribution in [0.2, 0.25) is 0 Å². The van der Waals surface area contributed by atoms with Gasteiger partial charge in [-0.1, -0.05) is 13.0 Å². The second kappa shape index (κ2) is 2.55. The molecule has 0 aromatic rings. The molecule has 1 nitrogen and oxygen atoms in total. The maximum atomic E-state index is 12.5. The van der Waals surface area contributed by atoms with Gasteiger partial charge in [-0.2, -0.15) is 0 Å². The zero-order chi connectivity index (χ0) is 8.54. The number of rotatable bonds is 1. The number of hydrogen-bond acceptors (Lipinski definition) is 1. The van der Waals surface area contributed by atoms with Crippen molar-refractivity contribution in [2.24, 2.45) is 0 Å². The second-order valence-electron chi connectivity index (χ2n) is 3.05. The van der Waals surface area contributed by atoms with Crippen LogP contribution in [0.1, 0.15) is 26.2 Å². The normalized spacial score (nSPS) is 35.6. The summed E-state index contributed by atoms with van der Waals surface area (Å²) in [6.45, 7) is 1.79. The van der Waals surface area contributed by atoms with Crippen molar-refractivity contribution >= 4 is 0 Å². The molecule has 1 aliphatic carbocycles. The first-order chi connectivity index (χ1) is 4.97. The lowest BCUT2D eigenvalue weighted by atomic mass is 9.87. The Morgan fingerprint density at radius 1 is 1.36 bits per heavy atom. The van der Waals surface area contributed by atoms with Crippen molar-refractivity contribution in [3.63, 3.8) is 0 Å². The Hall–Kier alpha value is -0.440. The van der Waals surface area contributed by atoms with Gasteiger partial charge >= 0.3 is 0 Å². The summed E-state index contributed by atoms with van der Waals surface area (Å²) in [5.41, 5.74) is -0.984. The highest BCUT2D eigenvalue weighted by molar-refractivity contribution is 5.10. The SMILES string of the molecule is CCC1(O)C=CC(F)(F)CC1. The molecule has 1 unspecified atom stereocenters. The van der Waals surface area contributed by atoms with Crippen LogP contribution in [0.15, 0.2) is 12.2 Å². The maximum absolute atomic E-state index is 12.5. The quantitative estimate of drug-likeness (QED) is 0.585. The smallest absolute Gasteiger partial charge is 0.266 e. The Labute approximate surface area is 64.7 Å². The van der Waals surface area contributed by atoms with Crippen LogP contribution in [0.3, 0.4) is 0 Å². The molecule has 0 saturated carbocycles. The number of aliphatic hydroxyl groups is 1. The van der Waals surface area contributed by atoms with Crippen LogP contribution >= 0.6 is 0 Å². The first-order valence-corrected chi connectivity index (χ1v) is 3.78. The van der Waals surface area contributed by atoms with E-state index in [-0.39, 0.29) is 12.8 Å². The van der Waals surface area contributed by atoms with Crippen LogP contribution in [-0.4, -0.2) is 16.6 Å². The predicted molar refractivity (Wildman–Crippen MR) is 38.6 cm³/mol. The Balaban J connectivity index is 2.70. The fourth-order valence-corrected chi connectivity index (χ4v) is 1.12. The third kappa shape index (κ3) is 1.99. The summed E-state index contributed by atoms with van der Waals surface area (Å²) < 4.78 is 25.0. The zero-order valence-electron chi connectivity index (χ0n) is 6.48. The highest BCUT2D eigenvalue weighted by atomic mass is 19.3. The molecule has 0 saturated heterocycles. The largest absolute Gasteiger partial charge is 0.386 e. The molecule has 3 heteroatoms. The van der Waals surface area contributed by atoms with E-state index in [2.05, 4.69) is 0 Å². The number of halogens is 2. The van der Waals surface area contributed by atoms with Gasteiger partial charge in [0.15, 0.2) is 0 Å². The Morgan fingerprint density at radius 3 is 2.36 bits per heavy atom. The average Bonchev–Trinajstić information content (AvgIpc) is 1.97. The van der Waals surface area contributed by atoms with E-state index in [1.54, 1.807) is 6.92 Å². The van der Waals surface area contributed by atoms with Crippen molar-refractivity contribution in [1.82, 2.24) is 0 Å². The van der Waals surface area contributed by atoms with Crippen LogP contribution in [0.4, 0.5) is 8.78 Å². The van der Waals surface area contributed by atoms with Gasteiger partial charge in [0.25, 0.3) is 5.92 Å². The lowest BCUT2D eigenvalue weighted by molar-refractivity contribution is -0.0129. The van der Waals surface area contributed by atoms with E-state index in [4.69, 9.17) is 0 Å². The summed E-state index contributed by atoms with van der Waals surface area (Å²) in [6.07, 6.45) is 2.44.